The molecule has 114 valence electrons. The number of benzene rings is 1. The summed E-state index contributed by atoms with van der Waals surface area (Å²) in [6, 6.07) is 10.2. The van der Waals surface area contributed by atoms with E-state index in [1.165, 1.54) is 5.56 Å². The lowest BCUT2D eigenvalue weighted by Gasteiger charge is -2.32. The van der Waals surface area contributed by atoms with Crippen molar-refractivity contribution in [1.82, 2.24) is 0 Å². The lowest BCUT2D eigenvalue weighted by atomic mass is 9.78. The number of sulfone groups is 1. The van der Waals surface area contributed by atoms with E-state index in [1.807, 2.05) is 18.2 Å². The van der Waals surface area contributed by atoms with Gasteiger partial charge in [-0.1, -0.05) is 53.2 Å². The van der Waals surface area contributed by atoms with E-state index < -0.39 is 14.6 Å². The molecule has 0 fully saturated rings. The highest BCUT2D eigenvalue weighted by atomic mass is 79.9. The Morgan fingerprint density at radius 1 is 1.10 bits per heavy atom. The minimum atomic E-state index is -3.08. The Hall–Kier alpha value is -0.350. The maximum Gasteiger partial charge on any atom is 0.155 e. The molecule has 1 aromatic rings. The minimum Gasteiger partial charge on any atom is -0.228 e. The van der Waals surface area contributed by atoms with Crippen molar-refractivity contribution in [3.63, 3.8) is 0 Å². The molecular weight excluding hydrogens is 336 g/mol. The molecule has 0 saturated heterocycles. The second-order valence-corrected chi connectivity index (χ2v) is 9.74. The quantitative estimate of drug-likeness (QED) is 0.707. The molecule has 0 bridgehead atoms. The summed E-state index contributed by atoms with van der Waals surface area (Å²) in [6.45, 7) is 7.43. The molecule has 20 heavy (non-hydrogen) atoms. The zero-order valence-corrected chi connectivity index (χ0v) is 15.2. The van der Waals surface area contributed by atoms with E-state index in [9.17, 15) is 8.42 Å². The first kappa shape index (κ1) is 17.7. The Labute approximate surface area is 132 Å². The summed E-state index contributed by atoms with van der Waals surface area (Å²) in [5.74, 6) is 0.227. The molecule has 0 N–H and O–H groups in total. The first-order chi connectivity index (χ1) is 9.18. The number of alkyl halides is 1. The molecular formula is C16H25BrO2S. The van der Waals surface area contributed by atoms with Crippen LogP contribution < -0.4 is 0 Å². The lowest BCUT2D eigenvalue weighted by molar-refractivity contribution is 0.446. The minimum absolute atomic E-state index is 0.112. The van der Waals surface area contributed by atoms with Gasteiger partial charge in [-0.3, -0.25) is 0 Å². The Balaban J connectivity index is 3.01. The van der Waals surface area contributed by atoms with Crippen LogP contribution >= 0.6 is 15.9 Å². The first-order valence-corrected chi connectivity index (χ1v) is 9.80. The number of hydrogen-bond donors (Lipinski definition) is 0. The van der Waals surface area contributed by atoms with E-state index in [-0.39, 0.29) is 11.2 Å². The van der Waals surface area contributed by atoms with Crippen molar-refractivity contribution in [2.45, 2.75) is 50.7 Å². The van der Waals surface area contributed by atoms with Crippen LogP contribution in [0.25, 0.3) is 0 Å². The monoisotopic (exact) mass is 360 g/mol. The molecule has 0 radical (unpaired) electrons. The molecule has 1 rings (SSSR count). The maximum absolute atomic E-state index is 12.3. The third kappa shape index (κ3) is 3.85. The molecule has 0 aromatic heterocycles. The third-order valence-electron chi connectivity index (χ3n) is 4.10. The topological polar surface area (TPSA) is 34.1 Å². The summed E-state index contributed by atoms with van der Waals surface area (Å²) < 4.78 is 24.0. The summed E-state index contributed by atoms with van der Waals surface area (Å²) >= 11 is 3.59. The Bertz CT molecular complexity index is 511. The van der Waals surface area contributed by atoms with Gasteiger partial charge in [0.1, 0.15) is 0 Å². The highest BCUT2D eigenvalue weighted by Crippen LogP contribution is 2.35. The van der Waals surface area contributed by atoms with Crippen LogP contribution in [-0.2, 0) is 15.3 Å². The van der Waals surface area contributed by atoms with Gasteiger partial charge in [-0.2, -0.15) is 0 Å². The fourth-order valence-corrected chi connectivity index (χ4v) is 4.46. The van der Waals surface area contributed by atoms with Gasteiger partial charge in [0.15, 0.2) is 9.84 Å². The zero-order valence-electron chi connectivity index (χ0n) is 12.8. The Kier molecular flexibility index (Phi) is 5.85. The van der Waals surface area contributed by atoms with E-state index in [4.69, 9.17) is 0 Å². The molecule has 0 aliphatic carbocycles. The Morgan fingerprint density at radius 2 is 1.65 bits per heavy atom. The van der Waals surface area contributed by atoms with Crippen LogP contribution in [0.2, 0.25) is 0 Å². The molecule has 0 saturated carbocycles. The predicted octanol–water partition coefficient (Wildman–Crippen LogP) is 4.33. The van der Waals surface area contributed by atoms with Crippen molar-refractivity contribution >= 4 is 25.8 Å². The van der Waals surface area contributed by atoms with Gasteiger partial charge in [-0.05, 0) is 39.2 Å². The van der Waals surface area contributed by atoms with Gasteiger partial charge in [0.05, 0.1) is 10.5 Å². The van der Waals surface area contributed by atoms with Crippen LogP contribution in [-0.4, -0.2) is 24.2 Å². The third-order valence-corrected chi connectivity index (χ3v) is 7.78. The van der Waals surface area contributed by atoms with Crippen molar-refractivity contribution in [2.75, 3.05) is 11.1 Å². The molecule has 0 amide bonds. The SMILES string of the molecule is CCC(CBr)(CCS(=O)(=O)C(C)(C)C)c1ccccc1. The molecule has 1 atom stereocenters. The summed E-state index contributed by atoms with van der Waals surface area (Å²) in [5.41, 5.74) is 1.10. The zero-order chi connectivity index (χ0) is 15.4. The molecule has 0 aliphatic heterocycles. The van der Waals surface area contributed by atoms with Gasteiger partial charge in [0.2, 0.25) is 0 Å². The average molecular weight is 361 g/mol. The van der Waals surface area contributed by atoms with Crippen LogP contribution in [0.3, 0.4) is 0 Å². The van der Waals surface area contributed by atoms with Crippen LogP contribution in [0.5, 0.6) is 0 Å². The van der Waals surface area contributed by atoms with Crippen LogP contribution in [0.15, 0.2) is 30.3 Å². The lowest BCUT2D eigenvalue weighted by Crippen LogP contribution is -2.36. The van der Waals surface area contributed by atoms with Crippen LogP contribution in [0.1, 0.15) is 46.1 Å². The molecule has 2 nitrogen and oxygen atoms in total. The van der Waals surface area contributed by atoms with E-state index in [0.717, 1.165) is 11.8 Å². The standard InChI is InChI=1S/C16H25BrO2S/c1-5-16(13-17,14-9-7-6-8-10-14)11-12-20(18,19)15(2,3)4/h6-10H,5,11-13H2,1-4H3. The summed E-state index contributed by atoms with van der Waals surface area (Å²) in [4.78, 5) is 0. The van der Waals surface area contributed by atoms with Gasteiger partial charge in [-0.25, -0.2) is 8.42 Å². The van der Waals surface area contributed by atoms with Gasteiger partial charge in [-0.15, -0.1) is 0 Å². The summed E-state index contributed by atoms with van der Waals surface area (Å²) in [6.07, 6.45) is 1.57. The van der Waals surface area contributed by atoms with E-state index >= 15 is 0 Å². The normalized spacial score (nSPS) is 15.8. The number of halogens is 1. The smallest absolute Gasteiger partial charge is 0.155 e. The average Bonchev–Trinajstić information content (AvgIpc) is 2.40. The molecule has 0 heterocycles. The fraction of sp³-hybridized carbons (Fsp3) is 0.625. The Morgan fingerprint density at radius 3 is 2.05 bits per heavy atom. The molecule has 0 spiro atoms. The summed E-state index contributed by atoms with van der Waals surface area (Å²) in [5, 5.41) is 0.778. The molecule has 0 aliphatic rings. The van der Waals surface area contributed by atoms with Crippen molar-refractivity contribution in [3.8, 4) is 0 Å². The second kappa shape index (κ2) is 6.61. The van der Waals surface area contributed by atoms with Crippen molar-refractivity contribution in [3.05, 3.63) is 35.9 Å². The maximum atomic E-state index is 12.3. The highest BCUT2D eigenvalue weighted by Gasteiger charge is 2.35. The number of rotatable bonds is 6. The summed E-state index contributed by atoms with van der Waals surface area (Å²) in [7, 11) is -3.08. The van der Waals surface area contributed by atoms with Gasteiger partial charge in [0, 0.05) is 10.7 Å². The fourth-order valence-electron chi connectivity index (χ4n) is 2.19. The van der Waals surface area contributed by atoms with Crippen molar-refractivity contribution in [1.29, 1.82) is 0 Å². The number of hydrogen-bond acceptors (Lipinski definition) is 2. The molecule has 1 unspecified atom stereocenters. The highest BCUT2D eigenvalue weighted by molar-refractivity contribution is 9.09. The van der Waals surface area contributed by atoms with E-state index in [2.05, 4.69) is 35.0 Å². The van der Waals surface area contributed by atoms with Crippen molar-refractivity contribution in [2.24, 2.45) is 0 Å². The van der Waals surface area contributed by atoms with Crippen LogP contribution in [0, 0.1) is 0 Å². The molecule has 1 aromatic carbocycles. The van der Waals surface area contributed by atoms with Gasteiger partial charge < -0.3 is 0 Å². The van der Waals surface area contributed by atoms with E-state index in [0.29, 0.717) is 6.42 Å². The molecule has 4 heteroatoms. The van der Waals surface area contributed by atoms with Gasteiger partial charge >= 0.3 is 0 Å². The largest absolute Gasteiger partial charge is 0.228 e. The van der Waals surface area contributed by atoms with E-state index in [1.54, 1.807) is 20.8 Å². The van der Waals surface area contributed by atoms with Crippen molar-refractivity contribution < 1.29 is 8.42 Å². The first-order valence-electron chi connectivity index (χ1n) is 7.02. The van der Waals surface area contributed by atoms with Crippen LogP contribution in [0.4, 0.5) is 0 Å². The second-order valence-electron chi connectivity index (χ2n) is 6.31. The van der Waals surface area contributed by atoms with Gasteiger partial charge in [0.25, 0.3) is 0 Å². The predicted molar refractivity (Wildman–Crippen MR) is 90.4 cm³/mol.